The second-order valence-electron chi connectivity index (χ2n) is 8.82. The molecule has 0 bridgehead atoms. The summed E-state index contributed by atoms with van der Waals surface area (Å²) in [6, 6.07) is 11.8. The van der Waals surface area contributed by atoms with Gasteiger partial charge in [-0.15, -0.1) is 5.10 Å². The van der Waals surface area contributed by atoms with Gasteiger partial charge in [-0.2, -0.15) is 14.6 Å². The van der Waals surface area contributed by atoms with E-state index in [2.05, 4.69) is 42.1 Å². The molecule has 6 rings (SSSR count). The molecule has 35 heavy (non-hydrogen) atoms. The molecular weight excluding hydrogens is 446 g/mol. The van der Waals surface area contributed by atoms with E-state index in [0.717, 1.165) is 49.4 Å². The first-order valence-electron chi connectivity index (χ1n) is 11.7. The Morgan fingerprint density at radius 2 is 1.91 bits per heavy atom. The fourth-order valence-corrected chi connectivity index (χ4v) is 4.58. The molecule has 4 aromatic heterocycles. The number of furan rings is 1. The summed E-state index contributed by atoms with van der Waals surface area (Å²) >= 11 is 0. The van der Waals surface area contributed by atoms with Gasteiger partial charge in [0.15, 0.2) is 17.1 Å². The molecule has 1 aliphatic heterocycles. The second-order valence-corrected chi connectivity index (χ2v) is 8.82. The molecule has 11 nitrogen and oxygen atoms in total. The molecule has 180 valence electrons. The van der Waals surface area contributed by atoms with Crippen molar-refractivity contribution in [3.05, 3.63) is 54.4 Å². The van der Waals surface area contributed by atoms with Crippen molar-refractivity contribution in [3.63, 3.8) is 0 Å². The lowest BCUT2D eigenvalue weighted by molar-refractivity contribution is 0.199. The van der Waals surface area contributed by atoms with Gasteiger partial charge in [-0.1, -0.05) is 12.1 Å². The quantitative estimate of drug-likeness (QED) is 0.381. The van der Waals surface area contributed by atoms with Gasteiger partial charge in [0, 0.05) is 38.4 Å². The smallest absolute Gasteiger partial charge is 0.225 e. The lowest BCUT2D eigenvalue weighted by atomic mass is 10.1. The number of hydrogen-bond acceptors (Lipinski definition) is 9. The van der Waals surface area contributed by atoms with E-state index >= 15 is 0 Å². The number of aliphatic hydroxyl groups is 1. The van der Waals surface area contributed by atoms with Gasteiger partial charge in [0.25, 0.3) is 0 Å². The van der Waals surface area contributed by atoms with Crippen LogP contribution in [0.25, 0.3) is 28.3 Å². The van der Waals surface area contributed by atoms with E-state index in [-0.39, 0.29) is 5.95 Å². The summed E-state index contributed by atoms with van der Waals surface area (Å²) in [5.74, 6) is 1.29. The Morgan fingerprint density at radius 3 is 2.69 bits per heavy atom. The topological polar surface area (TPSA) is 127 Å². The molecule has 1 atom stereocenters. The number of aliphatic hydroxyl groups excluding tert-OH is 1. The van der Waals surface area contributed by atoms with E-state index in [1.807, 2.05) is 22.9 Å². The predicted molar refractivity (Wildman–Crippen MR) is 132 cm³/mol. The molecule has 0 unspecified atom stereocenters. The maximum atomic E-state index is 9.88. The molecule has 0 amide bonds. The molecule has 0 saturated carbocycles. The number of fused-ring (bicyclic) bond motifs is 3. The molecule has 5 aromatic rings. The first-order valence-corrected chi connectivity index (χ1v) is 11.7. The molecule has 1 fully saturated rings. The SMILES string of the molecule is C[C@H](O)c1cccc(N2CCN(CCn3ncc4c3nc(N)n3nc(-c5ccco5)nc43)CC2)c1. The third-order valence-corrected chi connectivity index (χ3v) is 6.56. The van der Waals surface area contributed by atoms with Gasteiger partial charge in [0.05, 0.1) is 30.5 Å². The summed E-state index contributed by atoms with van der Waals surface area (Å²) in [7, 11) is 0. The zero-order valence-corrected chi connectivity index (χ0v) is 19.4. The van der Waals surface area contributed by atoms with E-state index in [9.17, 15) is 5.11 Å². The molecule has 5 heterocycles. The Bertz CT molecular complexity index is 1460. The highest BCUT2D eigenvalue weighted by Crippen LogP contribution is 2.24. The maximum absolute atomic E-state index is 9.88. The largest absolute Gasteiger partial charge is 0.461 e. The Hall–Kier alpha value is -3.96. The Labute approximate surface area is 201 Å². The zero-order valence-electron chi connectivity index (χ0n) is 19.4. The second kappa shape index (κ2) is 8.67. The highest BCUT2D eigenvalue weighted by atomic mass is 16.3. The van der Waals surface area contributed by atoms with Crippen LogP contribution in [0, 0.1) is 0 Å². The van der Waals surface area contributed by atoms with Crippen molar-refractivity contribution in [1.82, 2.24) is 34.3 Å². The van der Waals surface area contributed by atoms with E-state index in [4.69, 9.17) is 10.2 Å². The number of hydrogen-bond donors (Lipinski definition) is 2. The number of aromatic nitrogens is 6. The number of piperazine rings is 1. The van der Waals surface area contributed by atoms with E-state index in [1.54, 1.807) is 25.5 Å². The molecule has 0 aliphatic carbocycles. The zero-order chi connectivity index (χ0) is 23.9. The van der Waals surface area contributed by atoms with Crippen LogP contribution in [-0.2, 0) is 6.54 Å². The van der Waals surface area contributed by atoms with Gasteiger partial charge < -0.3 is 20.2 Å². The number of benzene rings is 1. The molecular formula is C24H27N9O2. The number of nitrogens with zero attached hydrogens (tertiary/aromatic N) is 8. The molecule has 3 N–H and O–H groups in total. The van der Waals surface area contributed by atoms with Crippen molar-refractivity contribution in [3.8, 4) is 11.6 Å². The number of anilines is 2. The van der Waals surface area contributed by atoms with Crippen LogP contribution in [0.1, 0.15) is 18.6 Å². The number of rotatable bonds is 6. The average molecular weight is 474 g/mol. The van der Waals surface area contributed by atoms with E-state index in [1.165, 1.54) is 4.52 Å². The fraction of sp³-hybridized carbons (Fsp3) is 0.333. The van der Waals surface area contributed by atoms with Gasteiger partial charge in [-0.3, -0.25) is 4.90 Å². The molecule has 1 aromatic carbocycles. The minimum absolute atomic E-state index is 0.257. The normalized spacial score (nSPS) is 15.9. The Kier molecular flexibility index (Phi) is 5.34. The first kappa shape index (κ1) is 21.6. The molecule has 1 saturated heterocycles. The van der Waals surface area contributed by atoms with Crippen LogP contribution in [-0.4, -0.2) is 72.1 Å². The molecule has 0 spiro atoms. The van der Waals surface area contributed by atoms with Gasteiger partial charge in [-0.25, -0.2) is 9.67 Å². The van der Waals surface area contributed by atoms with E-state index < -0.39 is 6.10 Å². The van der Waals surface area contributed by atoms with Crippen molar-refractivity contribution in [2.75, 3.05) is 43.4 Å². The fourth-order valence-electron chi connectivity index (χ4n) is 4.58. The van der Waals surface area contributed by atoms with Crippen LogP contribution in [0.15, 0.2) is 53.3 Å². The van der Waals surface area contributed by atoms with Gasteiger partial charge in [0.2, 0.25) is 11.8 Å². The van der Waals surface area contributed by atoms with Crippen molar-refractivity contribution < 1.29 is 9.52 Å². The number of nitrogen functional groups attached to an aromatic ring is 1. The van der Waals surface area contributed by atoms with Crippen molar-refractivity contribution >= 4 is 28.3 Å². The minimum atomic E-state index is -0.460. The third kappa shape index (κ3) is 3.98. The maximum Gasteiger partial charge on any atom is 0.225 e. The van der Waals surface area contributed by atoms with Gasteiger partial charge in [-0.05, 0) is 36.8 Å². The summed E-state index contributed by atoms with van der Waals surface area (Å²) in [5, 5.41) is 19.7. The monoisotopic (exact) mass is 473 g/mol. The lowest BCUT2D eigenvalue weighted by Crippen LogP contribution is -2.47. The first-order chi connectivity index (χ1) is 17.1. The number of nitrogens with two attached hydrogens (primary N) is 1. The van der Waals surface area contributed by atoms with E-state index in [0.29, 0.717) is 29.4 Å². The summed E-state index contributed by atoms with van der Waals surface area (Å²) in [4.78, 5) is 14.0. The summed E-state index contributed by atoms with van der Waals surface area (Å²) in [6.07, 6.45) is 2.89. The van der Waals surface area contributed by atoms with Crippen LogP contribution in [0.2, 0.25) is 0 Å². The highest BCUT2D eigenvalue weighted by molar-refractivity contribution is 5.90. The standard InChI is InChI=1S/C24H27N9O2/c1-16(34)17-4-2-5-18(14-17)31-10-7-30(8-11-31)9-12-32-22-19(15-26-32)23-27-21(20-6-3-13-35-20)29-33(23)24(25)28-22/h2-6,13-16,34H,7-12H2,1H3,(H2,25,28)/t16-/m0/s1. The van der Waals surface area contributed by atoms with Crippen molar-refractivity contribution in [2.24, 2.45) is 0 Å². The Balaban J connectivity index is 1.15. The minimum Gasteiger partial charge on any atom is -0.461 e. The van der Waals surface area contributed by atoms with Crippen molar-refractivity contribution in [1.29, 1.82) is 0 Å². The highest BCUT2D eigenvalue weighted by Gasteiger charge is 2.20. The summed E-state index contributed by atoms with van der Waals surface area (Å²) in [6.45, 7) is 7.13. The summed E-state index contributed by atoms with van der Waals surface area (Å²) in [5.41, 5.74) is 9.61. The molecule has 1 aliphatic rings. The molecule has 0 radical (unpaired) electrons. The Morgan fingerprint density at radius 1 is 1.06 bits per heavy atom. The molecule has 11 heteroatoms. The van der Waals surface area contributed by atoms with Gasteiger partial charge >= 0.3 is 0 Å². The van der Waals surface area contributed by atoms with Gasteiger partial charge in [0.1, 0.15) is 0 Å². The van der Waals surface area contributed by atoms with Crippen LogP contribution in [0.4, 0.5) is 11.6 Å². The predicted octanol–water partition coefficient (Wildman–Crippen LogP) is 2.19. The average Bonchev–Trinajstić information content (AvgIpc) is 3.63. The van der Waals surface area contributed by atoms with Crippen LogP contribution >= 0.6 is 0 Å². The van der Waals surface area contributed by atoms with Crippen molar-refractivity contribution in [2.45, 2.75) is 19.6 Å². The van der Waals surface area contributed by atoms with Crippen LogP contribution in [0.5, 0.6) is 0 Å². The lowest BCUT2D eigenvalue weighted by Gasteiger charge is -2.36. The van der Waals surface area contributed by atoms with Crippen LogP contribution in [0.3, 0.4) is 0 Å². The third-order valence-electron chi connectivity index (χ3n) is 6.56. The summed E-state index contributed by atoms with van der Waals surface area (Å²) < 4.78 is 8.83. The van der Waals surface area contributed by atoms with Crippen LogP contribution < -0.4 is 10.6 Å².